The minimum atomic E-state index is -1.27. The normalized spacial score (nSPS) is 15.2. The number of Topliss-reactive ketones (excluding diaryl/α,β-unsaturated/α-hetero) is 1. The van der Waals surface area contributed by atoms with Crippen molar-refractivity contribution in [3.63, 3.8) is 0 Å². The quantitative estimate of drug-likeness (QED) is 0.549. The summed E-state index contributed by atoms with van der Waals surface area (Å²) in [6.45, 7) is 6.12. The molecule has 1 atom stereocenters. The van der Waals surface area contributed by atoms with Crippen LogP contribution in [-0.2, 0) is 11.3 Å². The maximum atomic E-state index is 12.1. The van der Waals surface area contributed by atoms with Gasteiger partial charge in [-0.25, -0.2) is 0 Å². The van der Waals surface area contributed by atoms with Crippen molar-refractivity contribution >= 4 is 17.4 Å². The number of hydrogen-bond donors (Lipinski definition) is 4. The van der Waals surface area contributed by atoms with E-state index in [2.05, 4.69) is 10.6 Å². The summed E-state index contributed by atoms with van der Waals surface area (Å²) >= 11 is 0. The molecule has 0 spiro atoms. The van der Waals surface area contributed by atoms with E-state index in [-0.39, 0.29) is 28.6 Å². The topological polar surface area (TPSA) is 115 Å². The highest BCUT2D eigenvalue weighted by molar-refractivity contribution is 6.11. The van der Waals surface area contributed by atoms with Gasteiger partial charge in [-0.2, -0.15) is 0 Å². The number of benzene rings is 1. The lowest BCUT2D eigenvalue weighted by Crippen LogP contribution is -2.45. The lowest BCUT2D eigenvalue weighted by atomic mass is 9.94. The van der Waals surface area contributed by atoms with Crippen LogP contribution in [0.4, 0.5) is 5.69 Å². The second-order valence-corrected chi connectivity index (χ2v) is 6.45. The molecule has 3 rings (SSSR count). The summed E-state index contributed by atoms with van der Waals surface area (Å²) in [4.78, 5) is 25.5. The molecule has 1 amide bonds. The smallest absolute Gasteiger partial charge is 0.257 e. The number of aliphatic hydroxyl groups excluding tert-OH is 1. The average Bonchev–Trinajstić information content (AvgIpc) is 3.14. The van der Waals surface area contributed by atoms with E-state index < -0.39 is 11.9 Å². The van der Waals surface area contributed by atoms with E-state index >= 15 is 0 Å². The van der Waals surface area contributed by atoms with E-state index in [1.807, 2.05) is 26.8 Å². The van der Waals surface area contributed by atoms with Crippen molar-refractivity contribution in [3.8, 4) is 5.75 Å². The Bertz CT molecular complexity index is 930. The zero-order chi connectivity index (χ0) is 21.7. The summed E-state index contributed by atoms with van der Waals surface area (Å²) in [6.07, 6.45) is -1.27. The summed E-state index contributed by atoms with van der Waals surface area (Å²) in [5, 5.41) is 26.1. The highest BCUT2D eigenvalue weighted by atomic mass is 16.3. The third kappa shape index (κ3) is 4.60. The number of aromatic hydroxyl groups is 1. The number of rotatable bonds is 6. The number of nitrogens with one attached hydrogen (secondary N) is 2. The van der Waals surface area contributed by atoms with E-state index in [0.717, 1.165) is 5.76 Å². The average molecular weight is 401 g/mol. The Hall–Kier alpha value is -3.26. The van der Waals surface area contributed by atoms with Gasteiger partial charge in [0, 0.05) is 14.1 Å². The Morgan fingerprint density at radius 1 is 1.21 bits per heavy atom. The molecule has 1 aromatic heterocycles. The number of nitrogens with zero attached hydrogens (tertiary/aromatic N) is 1. The second-order valence-electron chi connectivity index (χ2n) is 6.45. The van der Waals surface area contributed by atoms with Gasteiger partial charge in [0.25, 0.3) is 5.91 Å². The van der Waals surface area contributed by atoms with Crippen LogP contribution in [-0.4, -0.2) is 47.0 Å². The maximum Gasteiger partial charge on any atom is 0.257 e. The molecular formula is C21H27N3O5. The van der Waals surface area contributed by atoms with Gasteiger partial charge in [0.2, 0.25) is 5.78 Å². The van der Waals surface area contributed by atoms with Crippen LogP contribution >= 0.6 is 0 Å². The van der Waals surface area contributed by atoms with Crippen molar-refractivity contribution in [2.24, 2.45) is 0 Å². The molecule has 2 aromatic rings. The summed E-state index contributed by atoms with van der Waals surface area (Å²) in [5.74, 6) is 0.288. The van der Waals surface area contributed by atoms with Crippen molar-refractivity contribution in [2.45, 2.75) is 33.4 Å². The number of hydrogen-bond acceptors (Lipinski definition) is 7. The molecule has 0 aliphatic heterocycles. The van der Waals surface area contributed by atoms with Crippen LogP contribution < -0.4 is 10.6 Å². The first-order valence-corrected chi connectivity index (χ1v) is 9.36. The molecule has 8 nitrogen and oxygen atoms in total. The third-order valence-corrected chi connectivity index (χ3v) is 4.22. The fourth-order valence-electron chi connectivity index (χ4n) is 2.73. The molecule has 0 radical (unpaired) electrons. The molecule has 4 N–H and O–H groups in total. The van der Waals surface area contributed by atoms with Crippen LogP contribution in [0.1, 0.15) is 35.7 Å². The summed E-state index contributed by atoms with van der Waals surface area (Å²) in [6, 6.07) is 8.24. The molecule has 8 heteroatoms. The Morgan fingerprint density at radius 2 is 1.90 bits per heavy atom. The van der Waals surface area contributed by atoms with Crippen molar-refractivity contribution in [3.05, 3.63) is 58.8 Å². The first-order valence-electron chi connectivity index (χ1n) is 9.36. The van der Waals surface area contributed by atoms with Crippen LogP contribution in [0.2, 0.25) is 0 Å². The Morgan fingerprint density at radius 3 is 2.48 bits per heavy atom. The number of carbonyl (C=O) groups excluding carboxylic acids is 2. The maximum absolute atomic E-state index is 12.1. The first-order chi connectivity index (χ1) is 13.8. The van der Waals surface area contributed by atoms with Crippen LogP contribution in [0.5, 0.6) is 5.75 Å². The number of phenolic OH excluding ortho intramolecular Hbond substituents is 1. The van der Waals surface area contributed by atoms with E-state index in [1.165, 1.54) is 11.0 Å². The number of phenols is 1. The predicted molar refractivity (Wildman–Crippen MR) is 109 cm³/mol. The van der Waals surface area contributed by atoms with Crippen LogP contribution in [0.15, 0.2) is 46.1 Å². The standard InChI is InChI=1S/C19H21N3O5.C2H6/c1-10-7-8-11(27-10)9-20-14-15(18(25)17(14)24)21-13-6-4-5-12(16(13)23)19(26)22(2)3;1-2/h4-8,17,20-21,23-24H,9H2,1-3H3;1-2H3. The molecule has 1 heterocycles. The molecule has 156 valence electrons. The summed E-state index contributed by atoms with van der Waals surface area (Å²) in [5.41, 5.74) is 0.748. The Kier molecular flexibility index (Phi) is 7.06. The number of anilines is 1. The third-order valence-electron chi connectivity index (χ3n) is 4.22. The van der Waals surface area contributed by atoms with E-state index in [4.69, 9.17) is 4.42 Å². The van der Waals surface area contributed by atoms with Crippen molar-refractivity contribution in [1.29, 1.82) is 0 Å². The van der Waals surface area contributed by atoms with E-state index in [9.17, 15) is 19.8 Å². The van der Waals surface area contributed by atoms with Crippen LogP contribution in [0, 0.1) is 6.92 Å². The van der Waals surface area contributed by atoms with Gasteiger partial charge >= 0.3 is 0 Å². The Balaban J connectivity index is 0.00000145. The lowest BCUT2D eigenvalue weighted by Gasteiger charge is -2.29. The number of furan rings is 1. The zero-order valence-corrected chi connectivity index (χ0v) is 17.2. The van der Waals surface area contributed by atoms with Gasteiger partial charge in [-0.05, 0) is 31.2 Å². The number of carbonyl (C=O) groups is 2. The molecule has 0 fully saturated rings. The largest absolute Gasteiger partial charge is 0.505 e. The molecule has 1 aliphatic rings. The van der Waals surface area contributed by atoms with Gasteiger partial charge < -0.3 is 30.2 Å². The SMILES string of the molecule is CC.Cc1ccc(CNC2=C(Nc3cccc(C(=O)N(C)C)c3O)C(=O)C2O)o1. The summed E-state index contributed by atoms with van der Waals surface area (Å²) < 4.78 is 5.45. The van der Waals surface area contributed by atoms with Gasteiger partial charge in [-0.15, -0.1) is 0 Å². The highest BCUT2D eigenvalue weighted by Gasteiger charge is 2.38. The molecular weight excluding hydrogens is 374 g/mol. The van der Waals surface area contributed by atoms with E-state index in [0.29, 0.717) is 18.0 Å². The first kappa shape index (κ1) is 22.0. The fourth-order valence-corrected chi connectivity index (χ4v) is 2.73. The lowest BCUT2D eigenvalue weighted by molar-refractivity contribution is -0.124. The molecule has 0 saturated carbocycles. The van der Waals surface area contributed by atoms with Crippen LogP contribution in [0.3, 0.4) is 0 Å². The Labute approximate surface area is 169 Å². The van der Waals surface area contributed by atoms with Gasteiger partial charge in [0.1, 0.15) is 17.2 Å². The van der Waals surface area contributed by atoms with Gasteiger partial charge in [0.15, 0.2) is 11.9 Å². The summed E-state index contributed by atoms with van der Waals surface area (Å²) in [7, 11) is 3.16. The molecule has 1 aromatic carbocycles. The molecule has 1 unspecified atom stereocenters. The predicted octanol–water partition coefficient (Wildman–Crippen LogP) is 2.38. The monoisotopic (exact) mass is 401 g/mol. The second kappa shape index (κ2) is 9.29. The number of para-hydroxylation sites is 1. The minimum Gasteiger partial charge on any atom is -0.505 e. The fraction of sp³-hybridized carbons (Fsp3) is 0.333. The van der Waals surface area contributed by atoms with Gasteiger partial charge in [-0.1, -0.05) is 19.9 Å². The molecule has 0 saturated heterocycles. The molecule has 0 bridgehead atoms. The van der Waals surface area contributed by atoms with Crippen molar-refractivity contribution in [2.75, 3.05) is 19.4 Å². The molecule has 29 heavy (non-hydrogen) atoms. The zero-order valence-electron chi connectivity index (χ0n) is 17.2. The number of amides is 1. The van der Waals surface area contributed by atoms with Crippen LogP contribution in [0.25, 0.3) is 0 Å². The van der Waals surface area contributed by atoms with Gasteiger partial charge in [-0.3, -0.25) is 9.59 Å². The van der Waals surface area contributed by atoms with Crippen molar-refractivity contribution < 1.29 is 24.2 Å². The highest BCUT2D eigenvalue weighted by Crippen LogP contribution is 2.32. The van der Waals surface area contributed by atoms with E-state index in [1.54, 1.807) is 32.3 Å². The van der Waals surface area contributed by atoms with Crippen molar-refractivity contribution in [1.82, 2.24) is 10.2 Å². The number of ketones is 1. The minimum absolute atomic E-state index is 0.110. The number of aryl methyl sites for hydroxylation is 1. The molecule has 1 aliphatic carbocycles. The number of aliphatic hydroxyl groups is 1. The van der Waals surface area contributed by atoms with Gasteiger partial charge in [0.05, 0.1) is 23.5 Å².